The second-order valence-corrected chi connectivity index (χ2v) is 4.87. The maximum Gasteiger partial charge on any atom is 0.134 e. The molecule has 20 heavy (non-hydrogen) atoms. The standard InChI is InChI=1S/C15H19F2N3/c1-5-12-10(8-20(4)19-12)15(18-3)13-11(16)7-6-9(2)14(13)17/h6-8,15,18H,5H2,1-4H3. The molecule has 0 saturated heterocycles. The van der Waals surface area contributed by atoms with E-state index >= 15 is 0 Å². The lowest BCUT2D eigenvalue weighted by Crippen LogP contribution is -2.21. The summed E-state index contributed by atoms with van der Waals surface area (Å²) in [4.78, 5) is 0. The molecule has 0 aliphatic carbocycles. The molecular formula is C15H19F2N3. The molecule has 1 aromatic carbocycles. The zero-order valence-electron chi connectivity index (χ0n) is 12.2. The Kier molecular flexibility index (Phi) is 4.18. The molecule has 0 aliphatic rings. The molecule has 108 valence electrons. The molecule has 1 atom stereocenters. The van der Waals surface area contributed by atoms with Crippen molar-refractivity contribution in [2.75, 3.05) is 7.05 Å². The quantitative estimate of drug-likeness (QED) is 0.932. The van der Waals surface area contributed by atoms with Crippen molar-refractivity contribution < 1.29 is 8.78 Å². The van der Waals surface area contributed by atoms with E-state index in [9.17, 15) is 8.78 Å². The molecule has 0 saturated carbocycles. The Morgan fingerprint density at radius 3 is 2.65 bits per heavy atom. The van der Waals surface area contributed by atoms with Gasteiger partial charge in [-0.1, -0.05) is 13.0 Å². The van der Waals surface area contributed by atoms with E-state index in [-0.39, 0.29) is 5.56 Å². The number of hydrogen-bond donors (Lipinski definition) is 1. The highest BCUT2D eigenvalue weighted by Gasteiger charge is 2.25. The Morgan fingerprint density at radius 2 is 2.05 bits per heavy atom. The molecule has 1 heterocycles. The number of benzene rings is 1. The van der Waals surface area contributed by atoms with Crippen molar-refractivity contribution in [3.05, 3.63) is 52.3 Å². The van der Waals surface area contributed by atoms with Crippen LogP contribution in [0.25, 0.3) is 0 Å². The summed E-state index contributed by atoms with van der Waals surface area (Å²) in [6.07, 6.45) is 2.52. The van der Waals surface area contributed by atoms with Gasteiger partial charge in [0.15, 0.2) is 0 Å². The summed E-state index contributed by atoms with van der Waals surface area (Å²) < 4.78 is 30.1. The number of nitrogens with one attached hydrogen (secondary N) is 1. The van der Waals surface area contributed by atoms with Crippen LogP contribution in [0.4, 0.5) is 8.78 Å². The molecule has 0 bridgehead atoms. The Balaban J connectivity index is 2.61. The number of nitrogens with zero attached hydrogens (tertiary/aromatic N) is 2. The summed E-state index contributed by atoms with van der Waals surface area (Å²) in [5.74, 6) is -1.05. The van der Waals surface area contributed by atoms with Crippen molar-refractivity contribution >= 4 is 0 Å². The van der Waals surface area contributed by atoms with Crippen LogP contribution in [0, 0.1) is 18.6 Å². The molecule has 0 fully saturated rings. The first-order valence-corrected chi connectivity index (χ1v) is 6.63. The van der Waals surface area contributed by atoms with Crippen molar-refractivity contribution in [2.24, 2.45) is 7.05 Å². The Labute approximate surface area is 117 Å². The minimum Gasteiger partial charge on any atom is -0.309 e. The summed E-state index contributed by atoms with van der Waals surface area (Å²) in [6, 6.07) is 2.21. The highest BCUT2D eigenvalue weighted by atomic mass is 19.1. The van der Waals surface area contributed by atoms with Crippen LogP contribution < -0.4 is 5.32 Å². The number of rotatable bonds is 4. The van der Waals surface area contributed by atoms with Crippen LogP contribution in [-0.2, 0) is 13.5 Å². The molecule has 1 unspecified atom stereocenters. The SMILES string of the molecule is CCc1nn(C)cc1C(NC)c1c(F)ccc(C)c1F. The average molecular weight is 279 g/mol. The number of aryl methyl sites for hydroxylation is 3. The van der Waals surface area contributed by atoms with E-state index in [1.807, 2.05) is 6.92 Å². The van der Waals surface area contributed by atoms with Crippen molar-refractivity contribution in [3.8, 4) is 0 Å². The smallest absolute Gasteiger partial charge is 0.134 e. The molecule has 2 rings (SSSR count). The largest absolute Gasteiger partial charge is 0.309 e. The lowest BCUT2D eigenvalue weighted by atomic mass is 9.96. The summed E-state index contributed by atoms with van der Waals surface area (Å²) in [6.45, 7) is 3.61. The van der Waals surface area contributed by atoms with Gasteiger partial charge in [0.25, 0.3) is 0 Å². The molecule has 3 nitrogen and oxygen atoms in total. The van der Waals surface area contributed by atoms with E-state index in [0.717, 1.165) is 11.3 Å². The molecule has 1 N–H and O–H groups in total. The topological polar surface area (TPSA) is 29.9 Å². The maximum absolute atomic E-state index is 14.3. The molecule has 0 radical (unpaired) electrons. The summed E-state index contributed by atoms with van der Waals surface area (Å²) in [7, 11) is 3.50. The second-order valence-electron chi connectivity index (χ2n) is 4.87. The number of halogens is 2. The van der Waals surface area contributed by atoms with E-state index in [4.69, 9.17) is 0 Å². The number of hydrogen-bond acceptors (Lipinski definition) is 2. The van der Waals surface area contributed by atoms with Gasteiger partial charge >= 0.3 is 0 Å². The van der Waals surface area contributed by atoms with Crippen LogP contribution >= 0.6 is 0 Å². The van der Waals surface area contributed by atoms with Gasteiger partial charge < -0.3 is 5.32 Å². The zero-order valence-corrected chi connectivity index (χ0v) is 12.2. The average Bonchev–Trinajstić information content (AvgIpc) is 2.80. The van der Waals surface area contributed by atoms with Gasteiger partial charge in [-0.2, -0.15) is 5.10 Å². The predicted octanol–water partition coefficient (Wildman–Crippen LogP) is 2.88. The van der Waals surface area contributed by atoms with E-state index in [1.54, 1.807) is 31.9 Å². The third kappa shape index (κ3) is 2.45. The fourth-order valence-corrected chi connectivity index (χ4v) is 2.47. The van der Waals surface area contributed by atoms with E-state index in [2.05, 4.69) is 10.4 Å². The van der Waals surface area contributed by atoms with E-state index in [1.165, 1.54) is 12.1 Å². The van der Waals surface area contributed by atoms with Gasteiger partial charge in [0.05, 0.1) is 11.7 Å². The summed E-state index contributed by atoms with van der Waals surface area (Å²) >= 11 is 0. The lowest BCUT2D eigenvalue weighted by Gasteiger charge is -2.19. The van der Waals surface area contributed by atoms with Gasteiger partial charge in [-0.3, -0.25) is 4.68 Å². The van der Waals surface area contributed by atoms with E-state index < -0.39 is 17.7 Å². The minimum absolute atomic E-state index is 0.0511. The Bertz CT molecular complexity index is 620. The van der Waals surface area contributed by atoms with Gasteiger partial charge in [0, 0.05) is 24.4 Å². The van der Waals surface area contributed by atoms with Crippen LogP contribution in [0.5, 0.6) is 0 Å². The van der Waals surface area contributed by atoms with Crippen molar-refractivity contribution in [1.82, 2.24) is 15.1 Å². The molecular weight excluding hydrogens is 260 g/mol. The van der Waals surface area contributed by atoms with Crippen LogP contribution in [0.1, 0.15) is 35.3 Å². The lowest BCUT2D eigenvalue weighted by molar-refractivity contribution is 0.516. The van der Waals surface area contributed by atoms with Gasteiger partial charge in [-0.05, 0) is 32.0 Å². The van der Waals surface area contributed by atoms with Crippen LogP contribution in [-0.4, -0.2) is 16.8 Å². The molecule has 2 aromatic rings. The molecule has 0 aliphatic heterocycles. The third-order valence-corrected chi connectivity index (χ3v) is 3.48. The van der Waals surface area contributed by atoms with Crippen LogP contribution in [0.2, 0.25) is 0 Å². The van der Waals surface area contributed by atoms with Crippen LogP contribution in [0.15, 0.2) is 18.3 Å². The Morgan fingerprint density at radius 1 is 1.35 bits per heavy atom. The molecule has 0 spiro atoms. The van der Waals surface area contributed by atoms with Gasteiger partial charge in [-0.15, -0.1) is 0 Å². The fourth-order valence-electron chi connectivity index (χ4n) is 2.47. The highest BCUT2D eigenvalue weighted by molar-refractivity contribution is 5.37. The molecule has 0 amide bonds. The summed E-state index contributed by atoms with van der Waals surface area (Å²) in [5, 5.41) is 7.34. The normalized spacial score (nSPS) is 12.7. The first kappa shape index (κ1) is 14.7. The fraction of sp³-hybridized carbons (Fsp3) is 0.400. The van der Waals surface area contributed by atoms with Gasteiger partial charge in [0.2, 0.25) is 0 Å². The molecule has 5 heteroatoms. The van der Waals surface area contributed by atoms with Crippen molar-refractivity contribution in [1.29, 1.82) is 0 Å². The highest BCUT2D eigenvalue weighted by Crippen LogP contribution is 2.30. The van der Waals surface area contributed by atoms with Gasteiger partial charge in [0.1, 0.15) is 11.6 Å². The Hall–Kier alpha value is -1.75. The van der Waals surface area contributed by atoms with Crippen LogP contribution in [0.3, 0.4) is 0 Å². The second kappa shape index (κ2) is 5.71. The zero-order chi connectivity index (χ0) is 14.9. The van der Waals surface area contributed by atoms with Gasteiger partial charge in [-0.25, -0.2) is 8.78 Å². The molecule has 1 aromatic heterocycles. The van der Waals surface area contributed by atoms with Crippen molar-refractivity contribution in [3.63, 3.8) is 0 Å². The monoisotopic (exact) mass is 279 g/mol. The third-order valence-electron chi connectivity index (χ3n) is 3.48. The first-order chi connectivity index (χ1) is 9.49. The predicted molar refractivity (Wildman–Crippen MR) is 74.6 cm³/mol. The summed E-state index contributed by atoms with van der Waals surface area (Å²) in [5.41, 5.74) is 2.13. The number of aromatic nitrogens is 2. The minimum atomic E-state index is -0.543. The van der Waals surface area contributed by atoms with Crippen molar-refractivity contribution in [2.45, 2.75) is 26.3 Å². The first-order valence-electron chi connectivity index (χ1n) is 6.63. The van der Waals surface area contributed by atoms with E-state index in [0.29, 0.717) is 12.0 Å². The maximum atomic E-state index is 14.3.